The predicted molar refractivity (Wildman–Crippen MR) is 172 cm³/mol. The Morgan fingerprint density at radius 2 is 1.05 bits per heavy atom. The highest BCUT2D eigenvalue weighted by Crippen LogP contribution is 2.47. The minimum atomic E-state index is -0.0628. The van der Waals surface area contributed by atoms with E-state index in [4.69, 9.17) is 0 Å². The van der Waals surface area contributed by atoms with Crippen LogP contribution in [0.5, 0.6) is 0 Å². The zero-order valence-electron chi connectivity index (χ0n) is 23.0. The Labute approximate surface area is 234 Å². The van der Waals surface area contributed by atoms with Gasteiger partial charge in [-0.2, -0.15) is 0 Å². The van der Waals surface area contributed by atoms with Gasteiger partial charge in [0.25, 0.3) is 0 Å². The SMILES string of the molecule is CC(C)(C)c1c(N(c2ccccc2)c2cc3c4ccccc4n4c5ccccc5c(c2)c34)ccc2ccccc12. The first kappa shape index (κ1) is 23.1. The van der Waals surface area contributed by atoms with E-state index in [0.717, 1.165) is 5.69 Å². The van der Waals surface area contributed by atoms with Crippen molar-refractivity contribution < 1.29 is 0 Å². The van der Waals surface area contributed by atoms with Crippen molar-refractivity contribution in [3.8, 4) is 0 Å². The van der Waals surface area contributed by atoms with Crippen LogP contribution >= 0.6 is 0 Å². The Morgan fingerprint density at radius 3 is 1.68 bits per heavy atom. The zero-order chi connectivity index (χ0) is 27.0. The summed E-state index contributed by atoms with van der Waals surface area (Å²) in [5.41, 5.74) is 8.66. The molecular formula is C38H30N2. The number of anilines is 3. The Morgan fingerprint density at radius 1 is 0.500 bits per heavy atom. The van der Waals surface area contributed by atoms with Crippen LogP contribution in [0.1, 0.15) is 26.3 Å². The van der Waals surface area contributed by atoms with Crippen LogP contribution in [0.3, 0.4) is 0 Å². The van der Waals surface area contributed by atoms with Gasteiger partial charge in [-0.05, 0) is 64.2 Å². The fourth-order valence-corrected chi connectivity index (χ4v) is 6.80. The summed E-state index contributed by atoms with van der Waals surface area (Å²) >= 11 is 0. The summed E-state index contributed by atoms with van der Waals surface area (Å²) < 4.78 is 2.45. The third-order valence-corrected chi connectivity index (χ3v) is 8.36. The van der Waals surface area contributed by atoms with Gasteiger partial charge in [0.05, 0.1) is 22.2 Å². The topological polar surface area (TPSA) is 7.65 Å². The summed E-state index contributed by atoms with van der Waals surface area (Å²) in [5.74, 6) is 0. The van der Waals surface area contributed by atoms with Crippen molar-refractivity contribution in [2.45, 2.75) is 26.2 Å². The van der Waals surface area contributed by atoms with Gasteiger partial charge in [0, 0.05) is 32.9 Å². The Hall–Kier alpha value is -4.82. The number of nitrogens with zero attached hydrogens (tertiary/aromatic N) is 2. The van der Waals surface area contributed by atoms with Gasteiger partial charge in [0.2, 0.25) is 0 Å². The van der Waals surface area contributed by atoms with Crippen LogP contribution in [-0.2, 0) is 5.41 Å². The Kier molecular flexibility index (Phi) is 4.82. The van der Waals surface area contributed by atoms with E-state index in [1.54, 1.807) is 0 Å². The van der Waals surface area contributed by atoms with Crippen LogP contribution < -0.4 is 4.90 Å². The van der Waals surface area contributed by atoms with Crippen molar-refractivity contribution in [2.24, 2.45) is 0 Å². The van der Waals surface area contributed by atoms with Crippen LogP contribution in [0.2, 0.25) is 0 Å². The minimum Gasteiger partial charge on any atom is -0.310 e. The van der Waals surface area contributed by atoms with E-state index in [-0.39, 0.29) is 5.41 Å². The lowest BCUT2D eigenvalue weighted by Crippen LogP contribution is -2.19. The number of aromatic nitrogens is 1. The van der Waals surface area contributed by atoms with Gasteiger partial charge in [-0.3, -0.25) is 0 Å². The molecule has 0 aliphatic carbocycles. The van der Waals surface area contributed by atoms with Crippen LogP contribution in [0.4, 0.5) is 17.1 Å². The largest absolute Gasteiger partial charge is 0.310 e. The molecule has 8 aromatic rings. The van der Waals surface area contributed by atoms with Gasteiger partial charge in [0.1, 0.15) is 0 Å². The highest BCUT2D eigenvalue weighted by molar-refractivity contribution is 6.24. The maximum absolute atomic E-state index is 2.47. The molecule has 0 unspecified atom stereocenters. The number of para-hydroxylation sites is 3. The normalized spacial score (nSPS) is 12.4. The predicted octanol–water partition coefficient (Wildman–Crippen LogP) is 10.8. The van der Waals surface area contributed by atoms with Gasteiger partial charge < -0.3 is 9.30 Å². The quantitative estimate of drug-likeness (QED) is 0.227. The summed E-state index contributed by atoms with van der Waals surface area (Å²) in [7, 11) is 0. The van der Waals surface area contributed by atoms with Crippen molar-refractivity contribution in [2.75, 3.05) is 4.90 Å². The first-order valence-corrected chi connectivity index (χ1v) is 14.0. The van der Waals surface area contributed by atoms with Crippen LogP contribution in [0.15, 0.2) is 127 Å². The van der Waals surface area contributed by atoms with Gasteiger partial charge in [-0.25, -0.2) is 0 Å². The van der Waals surface area contributed by atoms with Crippen molar-refractivity contribution in [1.82, 2.24) is 4.40 Å². The molecule has 0 radical (unpaired) electrons. The van der Waals surface area contributed by atoms with E-state index in [2.05, 4.69) is 157 Å². The number of hydrogen-bond donors (Lipinski definition) is 0. The molecule has 2 heterocycles. The zero-order valence-corrected chi connectivity index (χ0v) is 23.0. The average molecular weight is 515 g/mol. The number of benzene rings is 6. The lowest BCUT2D eigenvalue weighted by Gasteiger charge is -2.33. The molecule has 8 rings (SSSR count). The molecule has 0 amide bonds. The molecule has 0 fully saturated rings. The molecule has 0 aliphatic rings. The highest BCUT2D eigenvalue weighted by atomic mass is 15.1. The average Bonchev–Trinajstić information content (AvgIpc) is 3.49. The van der Waals surface area contributed by atoms with Gasteiger partial charge in [-0.1, -0.05) is 106 Å². The van der Waals surface area contributed by atoms with Gasteiger partial charge in [0.15, 0.2) is 0 Å². The summed E-state index contributed by atoms with van der Waals surface area (Å²) in [6.45, 7) is 6.98. The first-order chi connectivity index (χ1) is 19.5. The Balaban J connectivity index is 1.53. The molecule has 0 N–H and O–H groups in total. The standard InChI is InChI=1S/C38H30N2/c1-38(2,3)36-28-16-8-7-13-25(28)21-22-35(36)39(26-14-5-4-6-15-26)27-23-31-29-17-9-11-19-33(29)40-34-20-12-10-18-30(34)32(24-27)37(31)40/h4-24H,1-3H3. The number of rotatable bonds is 3. The molecule has 0 aliphatic heterocycles. The van der Waals surface area contributed by atoms with Gasteiger partial charge in [-0.15, -0.1) is 0 Å². The van der Waals surface area contributed by atoms with E-state index >= 15 is 0 Å². The lowest BCUT2D eigenvalue weighted by molar-refractivity contribution is 0.596. The summed E-state index contributed by atoms with van der Waals surface area (Å²) in [4.78, 5) is 2.47. The van der Waals surface area contributed by atoms with E-state index in [1.165, 1.54) is 65.8 Å². The molecule has 192 valence electrons. The van der Waals surface area contributed by atoms with Crippen LogP contribution in [-0.4, -0.2) is 4.40 Å². The second-order valence-corrected chi connectivity index (χ2v) is 11.9. The van der Waals surface area contributed by atoms with E-state index in [9.17, 15) is 0 Å². The monoisotopic (exact) mass is 514 g/mol. The molecule has 0 saturated carbocycles. The summed E-state index contributed by atoms with van der Waals surface area (Å²) in [6, 6.07) is 46.6. The third-order valence-electron chi connectivity index (χ3n) is 8.36. The molecule has 2 nitrogen and oxygen atoms in total. The van der Waals surface area contributed by atoms with Gasteiger partial charge >= 0.3 is 0 Å². The third kappa shape index (κ3) is 3.23. The maximum Gasteiger partial charge on any atom is 0.0622 e. The van der Waals surface area contributed by atoms with Crippen molar-refractivity contribution >= 4 is 65.9 Å². The van der Waals surface area contributed by atoms with E-state index < -0.39 is 0 Å². The summed E-state index contributed by atoms with van der Waals surface area (Å²) in [6.07, 6.45) is 0. The molecule has 40 heavy (non-hydrogen) atoms. The number of hydrogen-bond acceptors (Lipinski definition) is 1. The molecule has 6 aromatic carbocycles. The second kappa shape index (κ2) is 8.34. The summed E-state index contributed by atoms with van der Waals surface area (Å²) in [5, 5.41) is 7.74. The molecular weight excluding hydrogens is 484 g/mol. The van der Waals surface area contributed by atoms with Crippen molar-refractivity contribution in [3.63, 3.8) is 0 Å². The molecule has 2 heteroatoms. The molecule has 2 aromatic heterocycles. The van der Waals surface area contributed by atoms with Crippen LogP contribution in [0.25, 0.3) is 48.9 Å². The molecule has 0 atom stereocenters. The molecule has 0 spiro atoms. The van der Waals surface area contributed by atoms with Crippen LogP contribution in [0, 0.1) is 0 Å². The maximum atomic E-state index is 2.47. The first-order valence-electron chi connectivity index (χ1n) is 14.0. The smallest absolute Gasteiger partial charge is 0.0622 e. The second-order valence-electron chi connectivity index (χ2n) is 11.9. The van der Waals surface area contributed by atoms with E-state index in [1.807, 2.05) is 0 Å². The minimum absolute atomic E-state index is 0.0628. The van der Waals surface area contributed by atoms with E-state index in [0.29, 0.717) is 0 Å². The lowest BCUT2D eigenvalue weighted by atomic mass is 9.81. The number of fused-ring (bicyclic) bond motifs is 7. The Bertz CT molecular complexity index is 2110. The van der Waals surface area contributed by atoms with Crippen molar-refractivity contribution in [3.05, 3.63) is 133 Å². The fraction of sp³-hybridized carbons (Fsp3) is 0.105. The molecule has 0 saturated heterocycles. The molecule has 0 bridgehead atoms. The van der Waals surface area contributed by atoms with Crippen molar-refractivity contribution in [1.29, 1.82) is 0 Å². The fourth-order valence-electron chi connectivity index (χ4n) is 6.80. The highest BCUT2D eigenvalue weighted by Gasteiger charge is 2.27.